The van der Waals surface area contributed by atoms with Crippen LogP contribution in [-0.4, -0.2) is 44.1 Å². The van der Waals surface area contributed by atoms with Crippen molar-refractivity contribution in [2.75, 3.05) is 6.54 Å². The van der Waals surface area contributed by atoms with E-state index in [1.165, 1.54) is 4.90 Å². The summed E-state index contributed by atoms with van der Waals surface area (Å²) in [6.07, 6.45) is -5.18. The van der Waals surface area contributed by atoms with E-state index in [0.29, 0.717) is 12.1 Å². The summed E-state index contributed by atoms with van der Waals surface area (Å²) in [7, 11) is 0. The van der Waals surface area contributed by atoms with Gasteiger partial charge in [-0.3, -0.25) is 9.59 Å². The van der Waals surface area contributed by atoms with Crippen LogP contribution in [0.15, 0.2) is 12.1 Å². The molecule has 0 radical (unpaired) electrons. The number of amides is 2. The fraction of sp³-hybridized carbons (Fsp3) is 0.524. The molecule has 1 aromatic heterocycles. The van der Waals surface area contributed by atoms with Gasteiger partial charge in [-0.15, -0.1) is 10.2 Å². The van der Waals surface area contributed by atoms with E-state index in [9.17, 15) is 35.9 Å². The number of rotatable bonds is 7. The Morgan fingerprint density at radius 1 is 1.03 bits per heavy atom. The summed E-state index contributed by atoms with van der Waals surface area (Å²) in [6.45, 7) is 3.14. The highest BCUT2D eigenvalue weighted by atomic mass is 19.4. The minimum atomic E-state index is -4.68. The summed E-state index contributed by atoms with van der Waals surface area (Å²) >= 11 is 0. The van der Waals surface area contributed by atoms with E-state index in [0.717, 1.165) is 4.57 Å². The molecule has 2 heterocycles. The summed E-state index contributed by atoms with van der Waals surface area (Å²) in [4.78, 5) is 26.4. The van der Waals surface area contributed by atoms with Gasteiger partial charge in [0, 0.05) is 38.0 Å². The molecule has 2 amide bonds. The topological polar surface area (TPSA) is 80.1 Å². The highest BCUT2D eigenvalue weighted by Gasteiger charge is 2.40. The number of hydrogen-bond acceptors (Lipinski definition) is 4. The van der Waals surface area contributed by atoms with Crippen molar-refractivity contribution in [1.29, 1.82) is 0 Å². The van der Waals surface area contributed by atoms with Gasteiger partial charge in [-0.05, 0) is 24.0 Å². The van der Waals surface area contributed by atoms with Crippen LogP contribution >= 0.6 is 0 Å². The largest absolute Gasteiger partial charge is 0.451 e. The lowest BCUT2D eigenvalue weighted by molar-refractivity contribution is -0.148. The maximum atomic E-state index is 14.2. The molecule has 0 spiro atoms. The summed E-state index contributed by atoms with van der Waals surface area (Å²) in [5.74, 6) is -5.81. The monoisotopic (exact) mass is 491 g/mol. The van der Waals surface area contributed by atoms with Gasteiger partial charge in [-0.1, -0.05) is 13.8 Å². The SMILES string of the molecule is CC(C)CC(=O)N[C@@H](CC(=O)N1CCn2c(nnc2C(F)(F)F)C1)Cc1cc(F)c(F)cc1F. The van der Waals surface area contributed by atoms with Crippen LogP contribution in [0.3, 0.4) is 0 Å². The molecule has 0 aliphatic carbocycles. The number of halogens is 6. The van der Waals surface area contributed by atoms with Crippen molar-refractivity contribution in [2.45, 2.75) is 58.4 Å². The second-order valence-electron chi connectivity index (χ2n) is 8.53. The second-order valence-corrected chi connectivity index (χ2v) is 8.53. The lowest BCUT2D eigenvalue weighted by atomic mass is 10.0. The Balaban J connectivity index is 1.75. The van der Waals surface area contributed by atoms with E-state index in [2.05, 4.69) is 15.5 Å². The number of aromatic nitrogens is 3. The quantitative estimate of drug-likeness (QED) is 0.477. The van der Waals surface area contributed by atoms with Crippen LogP contribution in [0.25, 0.3) is 0 Å². The van der Waals surface area contributed by atoms with Gasteiger partial charge < -0.3 is 14.8 Å². The van der Waals surface area contributed by atoms with Gasteiger partial charge >= 0.3 is 6.18 Å². The summed E-state index contributed by atoms with van der Waals surface area (Å²) in [5.41, 5.74) is -0.227. The first-order valence-electron chi connectivity index (χ1n) is 10.5. The van der Waals surface area contributed by atoms with Crippen molar-refractivity contribution in [2.24, 2.45) is 5.92 Å². The lowest BCUT2D eigenvalue weighted by Gasteiger charge is -2.30. The van der Waals surface area contributed by atoms with Crippen LogP contribution in [0.2, 0.25) is 0 Å². The van der Waals surface area contributed by atoms with Gasteiger partial charge in [-0.2, -0.15) is 13.2 Å². The van der Waals surface area contributed by atoms with Crippen molar-refractivity contribution in [3.63, 3.8) is 0 Å². The van der Waals surface area contributed by atoms with Crippen LogP contribution in [0, 0.1) is 23.4 Å². The van der Waals surface area contributed by atoms with Crippen molar-refractivity contribution >= 4 is 11.8 Å². The van der Waals surface area contributed by atoms with Crippen LogP contribution < -0.4 is 5.32 Å². The standard InChI is InChI=1S/C21H23F6N5O2/c1-11(2)5-18(33)28-13(6-12-7-15(23)16(24)9-14(12)22)8-19(34)31-3-4-32-17(10-31)29-30-20(32)21(25,26)27/h7,9,11,13H,3-6,8,10H2,1-2H3,(H,28,33)/t13-/m1/s1. The molecule has 0 unspecified atom stereocenters. The van der Waals surface area contributed by atoms with Gasteiger partial charge in [0.15, 0.2) is 17.5 Å². The molecule has 1 aliphatic rings. The molecule has 1 aliphatic heterocycles. The predicted octanol–water partition coefficient (Wildman–Crippen LogP) is 3.22. The molecule has 0 saturated heterocycles. The fourth-order valence-electron chi connectivity index (χ4n) is 3.74. The van der Waals surface area contributed by atoms with Gasteiger partial charge in [0.05, 0.1) is 6.54 Å². The molecule has 186 valence electrons. The number of nitrogens with zero attached hydrogens (tertiary/aromatic N) is 4. The normalized spacial score (nSPS) is 14.8. The number of carbonyl (C=O) groups is 2. The minimum Gasteiger partial charge on any atom is -0.353 e. The minimum absolute atomic E-state index is 0.00682. The Morgan fingerprint density at radius 3 is 2.35 bits per heavy atom. The first-order chi connectivity index (χ1) is 15.8. The van der Waals surface area contributed by atoms with Crippen LogP contribution in [0.4, 0.5) is 26.3 Å². The van der Waals surface area contributed by atoms with E-state index in [1.807, 2.05) is 0 Å². The van der Waals surface area contributed by atoms with Crippen LogP contribution in [0.1, 0.15) is 43.9 Å². The number of nitrogens with one attached hydrogen (secondary N) is 1. The van der Waals surface area contributed by atoms with Gasteiger partial charge in [-0.25, -0.2) is 13.2 Å². The fourth-order valence-corrected chi connectivity index (χ4v) is 3.74. The van der Waals surface area contributed by atoms with E-state index < -0.39 is 47.3 Å². The summed E-state index contributed by atoms with van der Waals surface area (Å²) < 4.78 is 81.0. The highest BCUT2D eigenvalue weighted by molar-refractivity contribution is 5.80. The Labute approximate surface area is 191 Å². The molecule has 34 heavy (non-hydrogen) atoms. The van der Waals surface area contributed by atoms with Crippen molar-refractivity contribution in [1.82, 2.24) is 25.0 Å². The van der Waals surface area contributed by atoms with Crippen LogP contribution in [-0.2, 0) is 35.3 Å². The first-order valence-corrected chi connectivity index (χ1v) is 10.5. The average Bonchev–Trinajstić information content (AvgIpc) is 3.15. The third-order valence-electron chi connectivity index (χ3n) is 5.29. The number of carbonyl (C=O) groups excluding carboxylic acids is 2. The molecule has 0 bridgehead atoms. The van der Waals surface area contributed by atoms with E-state index in [4.69, 9.17) is 0 Å². The van der Waals surface area contributed by atoms with Gasteiger partial charge in [0.1, 0.15) is 5.82 Å². The summed E-state index contributed by atoms with van der Waals surface area (Å²) in [5, 5.41) is 9.29. The van der Waals surface area contributed by atoms with Crippen molar-refractivity contribution in [3.8, 4) is 0 Å². The maximum absolute atomic E-state index is 14.2. The molecule has 7 nitrogen and oxygen atoms in total. The number of fused-ring (bicyclic) bond motifs is 1. The molecule has 1 aromatic carbocycles. The van der Waals surface area contributed by atoms with Gasteiger partial charge in [0.2, 0.25) is 17.6 Å². The van der Waals surface area contributed by atoms with E-state index in [-0.39, 0.29) is 56.2 Å². The van der Waals surface area contributed by atoms with Crippen molar-refractivity contribution < 1.29 is 35.9 Å². The third-order valence-corrected chi connectivity index (χ3v) is 5.29. The Hall–Kier alpha value is -3.12. The van der Waals surface area contributed by atoms with Gasteiger partial charge in [0.25, 0.3) is 0 Å². The molecular weight excluding hydrogens is 468 g/mol. The number of benzene rings is 1. The Bertz CT molecular complexity index is 1070. The third kappa shape index (κ3) is 6.06. The number of hydrogen-bond donors (Lipinski definition) is 1. The number of alkyl halides is 3. The predicted molar refractivity (Wildman–Crippen MR) is 106 cm³/mol. The van der Waals surface area contributed by atoms with E-state index >= 15 is 0 Å². The smallest absolute Gasteiger partial charge is 0.353 e. The molecule has 1 N–H and O–H groups in total. The summed E-state index contributed by atoms with van der Waals surface area (Å²) in [6, 6.07) is 0.0946. The van der Waals surface area contributed by atoms with E-state index in [1.54, 1.807) is 13.8 Å². The molecule has 2 aromatic rings. The lowest BCUT2D eigenvalue weighted by Crippen LogP contribution is -2.44. The maximum Gasteiger partial charge on any atom is 0.451 e. The molecule has 1 atom stereocenters. The Morgan fingerprint density at radius 2 is 1.71 bits per heavy atom. The van der Waals surface area contributed by atoms with Crippen LogP contribution in [0.5, 0.6) is 0 Å². The first kappa shape index (κ1) is 25.5. The second kappa shape index (κ2) is 10.0. The molecule has 3 rings (SSSR count). The molecule has 0 fully saturated rings. The molecule has 13 heteroatoms. The Kier molecular flexibility index (Phi) is 7.51. The zero-order chi connectivity index (χ0) is 25.2. The zero-order valence-electron chi connectivity index (χ0n) is 18.4. The van der Waals surface area contributed by atoms with Crippen molar-refractivity contribution in [3.05, 3.63) is 46.8 Å². The molecule has 0 saturated carbocycles. The highest BCUT2D eigenvalue weighted by Crippen LogP contribution is 2.29. The zero-order valence-corrected chi connectivity index (χ0v) is 18.4. The molecular formula is C21H23F6N5O2. The average molecular weight is 491 g/mol.